The van der Waals surface area contributed by atoms with Gasteiger partial charge in [-0.15, -0.1) is 0 Å². The van der Waals surface area contributed by atoms with Crippen molar-refractivity contribution >= 4 is 0 Å². The molecule has 0 atom stereocenters. The molecule has 8 N–H and O–H groups in total. The first kappa shape index (κ1) is 39.8. The Labute approximate surface area is 191 Å². The molecule has 0 aliphatic rings. The van der Waals surface area contributed by atoms with Gasteiger partial charge in [-0.1, -0.05) is 0 Å². The third-order valence-corrected chi connectivity index (χ3v) is 2.50. The molecule has 0 unspecified atom stereocenters. The molecule has 0 aromatic heterocycles. The fourth-order valence-corrected chi connectivity index (χ4v) is 1.52. The van der Waals surface area contributed by atoms with E-state index in [1.165, 1.54) is 0 Å². The van der Waals surface area contributed by atoms with Crippen LogP contribution in [0.4, 0.5) is 0 Å². The summed E-state index contributed by atoms with van der Waals surface area (Å²) in [6.45, 7) is 10.4. The number of rotatable bonds is 12. The average molecular weight is 466 g/mol. The largest absolute Gasteiger partial charge is 2.00 e. The van der Waals surface area contributed by atoms with Crippen LogP contribution in [0.3, 0.4) is 0 Å². The van der Waals surface area contributed by atoms with Gasteiger partial charge in [0.05, 0.1) is 39.6 Å². The minimum absolute atomic E-state index is 0. The van der Waals surface area contributed by atoms with Gasteiger partial charge in [0.15, 0.2) is 0 Å². The van der Waals surface area contributed by atoms with E-state index in [-0.39, 0.29) is 73.6 Å². The van der Waals surface area contributed by atoms with E-state index in [9.17, 15) is 0 Å². The zero-order valence-corrected chi connectivity index (χ0v) is 20.2. The number of hydrogen-bond acceptors (Lipinski definition) is 10. The van der Waals surface area contributed by atoms with Crippen LogP contribution in [0.25, 0.3) is 0 Å². The molecule has 0 rings (SSSR count). The van der Waals surface area contributed by atoms with Gasteiger partial charge in [-0.05, 0) is 27.7 Å². The van der Waals surface area contributed by atoms with Crippen LogP contribution in [-0.4, -0.2) is 142 Å². The summed E-state index contributed by atoms with van der Waals surface area (Å²) < 4.78 is 0. The molecule has 0 aliphatic heterocycles. The Bertz CT molecular complexity index is 198. The molecule has 10 nitrogen and oxygen atoms in total. The van der Waals surface area contributed by atoms with Crippen LogP contribution in [-0.2, 0) is 21.7 Å². The summed E-state index contributed by atoms with van der Waals surface area (Å²) in [4.78, 5) is 3.58. The number of aliphatic hydroxyl groups is 8. The normalized spacial score (nSPS) is 9.93. The Kier molecular flexibility index (Phi) is 49.0. The van der Waals surface area contributed by atoms with Gasteiger partial charge in [-0.2, -0.15) is 0 Å². The predicted molar refractivity (Wildman–Crippen MR) is 110 cm³/mol. The monoisotopic (exact) mass is 466 g/mol. The molecule has 0 bridgehead atoms. The maximum Gasteiger partial charge on any atom is 2.00 e. The summed E-state index contributed by atoms with van der Waals surface area (Å²) >= 11 is 0. The Morgan fingerprint density at radius 2 is 0.552 bits per heavy atom. The van der Waals surface area contributed by atoms with Gasteiger partial charge in [0, 0.05) is 51.5 Å². The first-order valence-corrected chi connectivity index (χ1v) is 9.62. The second kappa shape index (κ2) is 35.7. The second-order valence-electron chi connectivity index (χ2n) is 6.21. The van der Waals surface area contributed by atoms with E-state index < -0.39 is 0 Å². The van der Waals surface area contributed by atoms with Crippen LogP contribution in [0.1, 0.15) is 27.7 Å². The molecule has 0 aromatic carbocycles. The predicted octanol–water partition coefficient (Wildman–Crippen LogP) is -2.70. The van der Waals surface area contributed by atoms with E-state index in [1.807, 2.05) is 0 Å². The standard InChI is InChI=1S/2C6H15NO3.2C3H8O.Ti/c2*8-4-1-7(2-5-9)3-6-10;2*1-3(2)4;/h2*8-10H,1-6H2;2*3-4H,1-2H3;/q;;;;+2. The van der Waals surface area contributed by atoms with Crippen LogP contribution in [0, 0.1) is 0 Å². The SMILES string of the molecule is CC(C)O.CC(C)O.OCCN(CCO)CCO.OCCN(CCO)CCO.[Ti+2]. The van der Waals surface area contributed by atoms with Gasteiger partial charge < -0.3 is 40.9 Å². The first-order valence-electron chi connectivity index (χ1n) is 9.62. The van der Waals surface area contributed by atoms with Crippen LogP contribution in [0.2, 0.25) is 0 Å². The summed E-state index contributed by atoms with van der Waals surface area (Å²) in [5.41, 5.74) is 0. The summed E-state index contributed by atoms with van der Waals surface area (Å²) in [7, 11) is 0. The molecular weight excluding hydrogens is 420 g/mol. The molecule has 11 heteroatoms. The summed E-state index contributed by atoms with van der Waals surface area (Å²) in [6, 6.07) is 0. The summed E-state index contributed by atoms with van der Waals surface area (Å²) in [6.07, 6.45) is -0.333. The topological polar surface area (TPSA) is 168 Å². The van der Waals surface area contributed by atoms with Crippen LogP contribution < -0.4 is 0 Å². The van der Waals surface area contributed by atoms with Crippen molar-refractivity contribution in [3.05, 3.63) is 0 Å². The quantitative estimate of drug-likeness (QED) is 0.142. The Morgan fingerprint density at radius 1 is 0.448 bits per heavy atom. The molecule has 0 amide bonds. The molecule has 0 aromatic rings. The van der Waals surface area contributed by atoms with Crippen LogP contribution >= 0.6 is 0 Å². The molecule has 0 heterocycles. The average Bonchev–Trinajstić information content (AvgIpc) is 2.56. The van der Waals surface area contributed by atoms with Gasteiger partial charge >= 0.3 is 21.7 Å². The van der Waals surface area contributed by atoms with Crippen molar-refractivity contribution in [2.45, 2.75) is 39.9 Å². The van der Waals surface area contributed by atoms with Crippen LogP contribution in [0.15, 0.2) is 0 Å². The molecule has 0 saturated carbocycles. The van der Waals surface area contributed by atoms with E-state index in [4.69, 9.17) is 40.9 Å². The van der Waals surface area contributed by atoms with Crippen molar-refractivity contribution in [3.8, 4) is 0 Å². The molecule has 0 fully saturated rings. The van der Waals surface area contributed by atoms with E-state index >= 15 is 0 Å². The van der Waals surface area contributed by atoms with Gasteiger partial charge in [0.2, 0.25) is 0 Å². The smallest absolute Gasteiger partial charge is 0.395 e. The summed E-state index contributed by atoms with van der Waals surface area (Å²) in [5.74, 6) is 0. The molecular formula is C18H46N2O8Ti+2. The van der Waals surface area contributed by atoms with Gasteiger partial charge in [0.1, 0.15) is 0 Å². The Morgan fingerprint density at radius 3 is 0.621 bits per heavy atom. The number of hydrogen-bond donors (Lipinski definition) is 8. The van der Waals surface area contributed by atoms with Crippen molar-refractivity contribution in [2.24, 2.45) is 0 Å². The van der Waals surface area contributed by atoms with Gasteiger partial charge in [-0.3, -0.25) is 9.80 Å². The Balaban J connectivity index is -0.0000000950. The van der Waals surface area contributed by atoms with Crippen molar-refractivity contribution < 1.29 is 62.6 Å². The van der Waals surface area contributed by atoms with E-state index in [0.717, 1.165) is 0 Å². The number of aliphatic hydroxyl groups excluding tert-OH is 8. The summed E-state index contributed by atoms with van der Waals surface area (Å²) in [5, 5.41) is 67.0. The molecule has 0 aliphatic carbocycles. The van der Waals surface area contributed by atoms with Crippen molar-refractivity contribution in [2.75, 3.05) is 78.9 Å². The minimum atomic E-state index is -0.167. The first-order chi connectivity index (χ1) is 13.2. The molecule has 29 heavy (non-hydrogen) atoms. The van der Waals surface area contributed by atoms with Gasteiger partial charge in [-0.25, -0.2) is 0 Å². The molecule has 0 radical (unpaired) electrons. The fraction of sp³-hybridized carbons (Fsp3) is 1.00. The van der Waals surface area contributed by atoms with Crippen LogP contribution in [0.5, 0.6) is 0 Å². The third-order valence-electron chi connectivity index (χ3n) is 2.50. The van der Waals surface area contributed by atoms with Crippen molar-refractivity contribution in [3.63, 3.8) is 0 Å². The van der Waals surface area contributed by atoms with E-state index in [0.29, 0.717) is 39.3 Å². The fourth-order valence-electron chi connectivity index (χ4n) is 1.52. The zero-order chi connectivity index (χ0) is 22.8. The second-order valence-corrected chi connectivity index (χ2v) is 6.21. The molecule has 178 valence electrons. The maximum atomic E-state index is 8.48. The van der Waals surface area contributed by atoms with Crippen molar-refractivity contribution in [1.82, 2.24) is 9.80 Å². The zero-order valence-electron chi connectivity index (χ0n) is 18.6. The molecule has 0 spiro atoms. The van der Waals surface area contributed by atoms with E-state index in [2.05, 4.69) is 0 Å². The van der Waals surface area contributed by atoms with E-state index in [1.54, 1.807) is 37.5 Å². The number of nitrogens with zero attached hydrogens (tertiary/aromatic N) is 2. The van der Waals surface area contributed by atoms with Crippen molar-refractivity contribution in [1.29, 1.82) is 0 Å². The Hall–Kier alpha value is 0.314. The third kappa shape index (κ3) is 58.5. The minimum Gasteiger partial charge on any atom is -0.395 e. The van der Waals surface area contributed by atoms with Gasteiger partial charge in [0.25, 0.3) is 0 Å². The maximum absolute atomic E-state index is 8.48. The molecule has 0 saturated heterocycles.